The van der Waals surface area contributed by atoms with Crippen molar-refractivity contribution >= 4 is 0 Å². The number of aromatic nitrogens is 2. The number of aryl methyl sites for hydroxylation is 1. The van der Waals surface area contributed by atoms with Gasteiger partial charge in [0.15, 0.2) is 0 Å². The first-order chi connectivity index (χ1) is 8.42. The van der Waals surface area contributed by atoms with Gasteiger partial charge in [-0.1, -0.05) is 0 Å². The minimum Gasteiger partial charge on any atom is -0.460 e. The zero-order chi connectivity index (χ0) is 13.2. The van der Waals surface area contributed by atoms with Crippen LogP contribution in [0.4, 0.5) is 0 Å². The third-order valence-corrected chi connectivity index (χ3v) is 3.01. The first kappa shape index (κ1) is 13.3. The van der Waals surface area contributed by atoms with Crippen LogP contribution in [0, 0.1) is 6.92 Å². The maximum atomic E-state index is 5.75. The van der Waals surface area contributed by atoms with Crippen LogP contribution in [0.2, 0.25) is 0 Å². The molecule has 1 fully saturated rings. The highest BCUT2D eigenvalue weighted by atomic mass is 16.5. The number of hydrogen-bond donors (Lipinski definition) is 1. The molecule has 0 radical (unpaired) electrons. The van der Waals surface area contributed by atoms with Gasteiger partial charge in [0.25, 0.3) is 0 Å². The Balaban J connectivity index is 2.01. The van der Waals surface area contributed by atoms with E-state index in [2.05, 4.69) is 36.1 Å². The number of nitrogens with zero attached hydrogens (tertiary/aromatic N) is 2. The van der Waals surface area contributed by atoms with E-state index in [0.717, 1.165) is 30.8 Å². The summed E-state index contributed by atoms with van der Waals surface area (Å²) < 4.78 is 5.75. The predicted molar refractivity (Wildman–Crippen MR) is 71.6 cm³/mol. The van der Waals surface area contributed by atoms with Crippen LogP contribution in [0.1, 0.15) is 51.4 Å². The summed E-state index contributed by atoms with van der Waals surface area (Å²) in [5.74, 6) is 0. The van der Waals surface area contributed by atoms with Gasteiger partial charge in [0.2, 0.25) is 0 Å². The van der Waals surface area contributed by atoms with Gasteiger partial charge in [-0.3, -0.25) is 0 Å². The topological polar surface area (TPSA) is 47.0 Å². The van der Waals surface area contributed by atoms with E-state index in [1.807, 2.05) is 13.0 Å². The Morgan fingerprint density at radius 2 is 2.06 bits per heavy atom. The molecule has 0 aliphatic heterocycles. The summed E-state index contributed by atoms with van der Waals surface area (Å²) in [7, 11) is 0. The lowest BCUT2D eigenvalue weighted by Crippen LogP contribution is -2.35. The molecule has 0 amide bonds. The average molecular weight is 249 g/mol. The molecular formula is C14H23N3O. The molecule has 18 heavy (non-hydrogen) atoms. The van der Waals surface area contributed by atoms with E-state index in [1.165, 1.54) is 6.42 Å². The van der Waals surface area contributed by atoms with Crippen molar-refractivity contribution < 1.29 is 4.74 Å². The molecule has 0 bridgehead atoms. The van der Waals surface area contributed by atoms with Gasteiger partial charge in [0.05, 0.1) is 5.69 Å². The van der Waals surface area contributed by atoms with Gasteiger partial charge in [-0.15, -0.1) is 0 Å². The van der Waals surface area contributed by atoms with E-state index in [9.17, 15) is 0 Å². The summed E-state index contributed by atoms with van der Waals surface area (Å²) in [5, 5.41) is 3.43. The summed E-state index contributed by atoms with van der Waals surface area (Å²) in [5.41, 5.74) is 2.05. The fraction of sp³-hybridized carbons (Fsp3) is 0.714. The standard InChI is InChI=1S/C14H23N3O/c1-10-8-11(9-15-14(2,3)4)17-13(16-10)18-12-6-5-7-12/h8,12,15H,5-7,9H2,1-4H3. The zero-order valence-electron chi connectivity index (χ0n) is 11.8. The van der Waals surface area contributed by atoms with E-state index in [4.69, 9.17) is 4.74 Å². The lowest BCUT2D eigenvalue weighted by molar-refractivity contribution is 0.108. The first-order valence-corrected chi connectivity index (χ1v) is 6.69. The molecule has 1 N–H and O–H groups in total. The Morgan fingerprint density at radius 3 is 2.61 bits per heavy atom. The zero-order valence-corrected chi connectivity index (χ0v) is 11.8. The summed E-state index contributed by atoms with van der Waals surface area (Å²) in [6.07, 6.45) is 3.85. The van der Waals surface area contributed by atoms with Crippen LogP contribution in [0.25, 0.3) is 0 Å². The van der Waals surface area contributed by atoms with Gasteiger partial charge in [-0.2, -0.15) is 4.98 Å². The number of ether oxygens (including phenoxy) is 1. The highest BCUT2D eigenvalue weighted by Gasteiger charge is 2.20. The third kappa shape index (κ3) is 3.95. The monoisotopic (exact) mass is 249 g/mol. The number of hydrogen-bond acceptors (Lipinski definition) is 4. The Labute approximate surface area is 109 Å². The van der Waals surface area contributed by atoms with Gasteiger partial charge in [0.1, 0.15) is 6.10 Å². The summed E-state index contributed by atoms with van der Waals surface area (Å²) >= 11 is 0. The quantitative estimate of drug-likeness (QED) is 0.891. The molecule has 1 saturated carbocycles. The van der Waals surface area contributed by atoms with Crippen LogP contribution in [-0.4, -0.2) is 21.6 Å². The molecule has 1 aromatic rings. The van der Waals surface area contributed by atoms with Crippen molar-refractivity contribution in [3.8, 4) is 6.01 Å². The van der Waals surface area contributed by atoms with Crippen LogP contribution in [0.3, 0.4) is 0 Å². The van der Waals surface area contributed by atoms with Crippen molar-refractivity contribution in [1.82, 2.24) is 15.3 Å². The van der Waals surface area contributed by atoms with Crippen LogP contribution in [-0.2, 0) is 6.54 Å². The van der Waals surface area contributed by atoms with Crippen molar-refractivity contribution in [1.29, 1.82) is 0 Å². The molecule has 4 heteroatoms. The lowest BCUT2D eigenvalue weighted by atomic mass is 9.96. The number of nitrogens with one attached hydrogen (secondary N) is 1. The van der Waals surface area contributed by atoms with E-state index in [-0.39, 0.29) is 5.54 Å². The van der Waals surface area contributed by atoms with E-state index in [1.54, 1.807) is 0 Å². The summed E-state index contributed by atoms with van der Waals surface area (Å²) in [6.45, 7) is 9.16. The van der Waals surface area contributed by atoms with Crippen molar-refractivity contribution in [3.05, 3.63) is 17.5 Å². The molecule has 2 rings (SSSR count). The highest BCUT2D eigenvalue weighted by molar-refractivity contribution is 5.13. The second-order valence-electron chi connectivity index (χ2n) is 6.06. The fourth-order valence-corrected chi connectivity index (χ4v) is 1.74. The van der Waals surface area contributed by atoms with Crippen molar-refractivity contribution in [2.45, 2.75) is 65.1 Å². The second-order valence-corrected chi connectivity index (χ2v) is 6.06. The van der Waals surface area contributed by atoms with Gasteiger partial charge < -0.3 is 10.1 Å². The molecule has 1 aliphatic carbocycles. The van der Waals surface area contributed by atoms with Crippen LogP contribution in [0.5, 0.6) is 6.01 Å². The van der Waals surface area contributed by atoms with Gasteiger partial charge in [-0.25, -0.2) is 4.98 Å². The first-order valence-electron chi connectivity index (χ1n) is 6.69. The molecule has 0 saturated heterocycles. The Hall–Kier alpha value is -1.16. The number of rotatable bonds is 4. The Bertz CT molecular complexity index is 408. The van der Waals surface area contributed by atoms with E-state index >= 15 is 0 Å². The SMILES string of the molecule is Cc1cc(CNC(C)(C)C)nc(OC2CCC2)n1. The average Bonchev–Trinajstić information content (AvgIpc) is 2.19. The molecular weight excluding hydrogens is 226 g/mol. The molecule has 1 heterocycles. The van der Waals surface area contributed by atoms with Gasteiger partial charge >= 0.3 is 6.01 Å². The Kier molecular flexibility index (Phi) is 3.85. The lowest BCUT2D eigenvalue weighted by Gasteiger charge is -2.25. The van der Waals surface area contributed by atoms with Crippen molar-refractivity contribution in [3.63, 3.8) is 0 Å². The van der Waals surface area contributed by atoms with Crippen LogP contribution < -0.4 is 10.1 Å². The smallest absolute Gasteiger partial charge is 0.317 e. The molecule has 0 spiro atoms. The van der Waals surface area contributed by atoms with Crippen molar-refractivity contribution in [2.75, 3.05) is 0 Å². The molecule has 1 aromatic heterocycles. The van der Waals surface area contributed by atoms with Crippen LogP contribution >= 0.6 is 0 Å². The van der Waals surface area contributed by atoms with Crippen LogP contribution in [0.15, 0.2) is 6.07 Å². The summed E-state index contributed by atoms with van der Waals surface area (Å²) in [6, 6.07) is 2.54. The molecule has 4 nitrogen and oxygen atoms in total. The molecule has 0 aromatic carbocycles. The fourth-order valence-electron chi connectivity index (χ4n) is 1.74. The Morgan fingerprint density at radius 1 is 1.33 bits per heavy atom. The van der Waals surface area contributed by atoms with Gasteiger partial charge in [0, 0.05) is 17.8 Å². The largest absolute Gasteiger partial charge is 0.460 e. The molecule has 1 aliphatic rings. The highest BCUT2D eigenvalue weighted by Crippen LogP contribution is 2.23. The van der Waals surface area contributed by atoms with Gasteiger partial charge in [-0.05, 0) is 53.0 Å². The minimum absolute atomic E-state index is 0.0911. The van der Waals surface area contributed by atoms with E-state index < -0.39 is 0 Å². The molecule has 0 unspecified atom stereocenters. The molecule has 0 atom stereocenters. The predicted octanol–water partition coefficient (Wildman–Crippen LogP) is 2.60. The molecule has 100 valence electrons. The third-order valence-electron chi connectivity index (χ3n) is 3.01. The summed E-state index contributed by atoms with van der Waals surface area (Å²) in [4.78, 5) is 8.80. The normalized spacial score (nSPS) is 16.4. The second kappa shape index (κ2) is 5.22. The maximum absolute atomic E-state index is 5.75. The van der Waals surface area contributed by atoms with Crippen molar-refractivity contribution in [2.24, 2.45) is 0 Å². The minimum atomic E-state index is 0.0911. The van der Waals surface area contributed by atoms with E-state index in [0.29, 0.717) is 12.1 Å². The maximum Gasteiger partial charge on any atom is 0.317 e.